The Hall–Kier alpha value is -3.65. The monoisotopic (exact) mass is 534 g/mol. The molecule has 200 valence electrons. The number of carbonyl (C=O) groups is 1. The van der Waals surface area contributed by atoms with E-state index in [1.807, 2.05) is 61.5 Å². The van der Waals surface area contributed by atoms with Gasteiger partial charge in [-0.3, -0.25) is 9.36 Å². The normalized spacial score (nSPS) is 15.3. The van der Waals surface area contributed by atoms with Crippen molar-refractivity contribution in [3.8, 4) is 11.5 Å². The molecule has 1 atom stereocenters. The van der Waals surface area contributed by atoms with E-state index in [1.165, 1.54) is 11.3 Å². The summed E-state index contributed by atoms with van der Waals surface area (Å²) >= 11 is 1.32. The Kier molecular flexibility index (Phi) is 8.84. The molecule has 1 aliphatic rings. The molecule has 1 aromatic heterocycles. The summed E-state index contributed by atoms with van der Waals surface area (Å²) in [5.41, 5.74) is 2.48. The average molecular weight is 535 g/mol. The van der Waals surface area contributed by atoms with E-state index < -0.39 is 12.0 Å². The molecular weight excluding hydrogens is 500 g/mol. The van der Waals surface area contributed by atoms with Crippen LogP contribution in [0.15, 0.2) is 69.6 Å². The second-order valence-electron chi connectivity index (χ2n) is 9.46. The van der Waals surface area contributed by atoms with Crippen LogP contribution in [-0.2, 0) is 9.53 Å². The lowest BCUT2D eigenvalue weighted by Crippen LogP contribution is -2.40. The second-order valence-corrected chi connectivity index (χ2v) is 10.5. The highest BCUT2D eigenvalue weighted by atomic mass is 32.1. The molecule has 0 N–H and O–H groups in total. The lowest BCUT2D eigenvalue weighted by molar-refractivity contribution is -0.139. The molecule has 0 unspecified atom stereocenters. The number of methoxy groups -OCH3 is 1. The fourth-order valence-corrected chi connectivity index (χ4v) is 5.34. The summed E-state index contributed by atoms with van der Waals surface area (Å²) in [7, 11) is 1.59. The summed E-state index contributed by atoms with van der Waals surface area (Å²) < 4.78 is 18.8. The van der Waals surface area contributed by atoms with Gasteiger partial charge in [0.15, 0.2) is 4.80 Å². The molecule has 8 heteroatoms. The van der Waals surface area contributed by atoms with Crippen LogP contribution in [0.1, 0.15) is 57.7 Å². The number of hydrogen-bond donors (Lipinski definition) is 0. The Morgan fingerprint density at radius 2 is 1.89 bits per heavy atom. The average Bonchev–Trinajstić information content (AvgIpc) is 3.22. The van der Waals surface area contributed by atoms with Crippen LogP contribution in [0, 0.1) is 5.92 Å². The van der Waals surface area contributed by atoms with Gasteiger partial charge in [-0.25, -0.2) is 9.79 Å². The lowest BCUT2D eigenvalue weighted by atomic mass is 9.94. The van der Waals surface area contributed by atoms with Gasteiger partial charge in [-0.1, -0.05) is 62.8 Å². The van der Waals surface area contributed by atoms with Crippen LogP contribution < -0.4 is 24.4 Å². The molecule has 0 fully saturated rings. The first-order valence-corrected chi connectivity index (χ1v) is 13.8. The predicted octanol–water partition coefficient (Wildman–Crippen LogP) is 4.62. The molecule has 0 aliphatic carbocycles. The number of fused-ring (bicyclic) bond motifs is 1. The second kappa shape index (κ2) is 12.3. The first-order chi connectivity index (χ1) is 18.4. The Morgan fingerprint density at radius 3 is 2.55 bits per heavy atom. The van der Waals surface area contributed by atoms with Gasteiger partial charge in [0.05, 0.1) is 42.2 Å². The van der Waals surface area contributed by atoms with Crippen LogP contribution in [0.3, 0.4) is 0 Å². The molecule has 0 amide bonds. The van der Waals surface area contributed by atoms with Gasteiger partial charge in [0.1, 0.15) is 11.5 Å². The largest absolute Gasteiger partial charge is 0.497 e. The first kappa shape index (κ1) is 27.4. The van der Waals surface area contributed by atoms with Gasteiger partial charge in [0, 0.05) is 0 Å². The number of hydrogen-bond acceptors (Lipinski definition) is 7. The minimum Gasteiger partial charge on any atom is -0.497 e. The van der Waals surface area contributed by atoms with Crippen molar-refractivity contribution in [2.24, 2.45) is 10.9 Å². The zero-order valence-corrected chi connectivity index (χ0v) is 23.3. The highest BCUT2D eigenvalue weighted by Gasteiger charge is 2.34. The van der Waals surface area contributed by atoms with E-state index in [2.05, 4.69) is 13.8 Å². The van der Waals surface area contributed by atoms with E-state index in [4.69, 9.17) is 19.2 Å². The molecule has 0 radical (unpaired) electrons. The molecule has 2 aromatic carbocycles. The number of carbonyl (C=O) groups excluding carboxylic acids is 1. The molecule has 0 saturated heterocycles. The Morgan fingerprint density at radius 1 is 1.13 bits per heavy atom. The van der Waals surface area contributed by atoms with Crippen LogP contribution >= 0.6 is 11.3 Å². The topological polar surface area (TPSA) is 79.1 Å². The maximum Gasteiger partial charge on any atom is 0.338 e. The van der Waals surface area contributed by atoms with Crippen molar-refractivity contribution in [1.82, 2.24) is 4.57 Å². The predicted molar refractivity (Wildman–Crippen MR) is 149 cm³/mol. The minimum atomic E-state index is -0.670. The molecule has 1 aliphatic heterocycles. The third-order valence-electron chi connectivity index (χ3n) is 6.06. The fraction of sp³-hybridized carbons (Fsp3) is 0.367. The van der Waals surface area contributed by atoms with Crippen molar-refractivity contribution >= 4 is 23.4 Å². The minimum absolute atomic E-state index is 0.209. The van der Waals surface area contributed by atoms with Crippen LogP contribution in [0.2, 0.25) is 0 Å². The number of esters is 1. The molecule has 7 nitrogen and oxygen atoms in total. The summed E-state index contributed by atoms with van der Waals surface area (Å²) in [5, 5.41) is 0. The van der Waals surface area contributed by atoms with Crippen LogP contribution in [-0.4, -0.2) is 30.9 Å². The third kappa shape index (κ3) is 5.91. The molecule has 4 rings (SSSR count). The molecule has 0 spiro atoms. The van der Waals surface area contributed by atoms with Crippen LogP contribution in [0.4, 0.5) is 0 Å². The standard InChI is InChI=1S/C30H34N2O5S/c1-6-9-24-26(29(34)36-7-2)27(21-10-8-11-23(17-21)35-5)32-28(33)25(38-30(32)31-24)16-20-12-14-22(15-13-20)37-18-19(3)4/h8,10-17,19,27H,6-7,9,18H2,1-5H3/b25-16+/t27-/m1/s1. The summed E-state index contributed by atoms with van der Waals surface area (Å²) in [6, 6.07) is 14.4. The van der Waals surface area contributed by atoms with E-state index in [0.717, 1.165) is 23.3 Å². The smallest absolute Gasteiger partial charge is 0.338 e. The summed E-state index contributed by atoms with van der Waals surface area (Å²) in [6.07, 6.45) is 3.25. The van der Waals surface area contributed by atoms with Crippen molar-refractivity contribution < 1.29 is 19.0 Å². The zero-order chi connectivity index (χ0) is 27.2. The maximum absolute atomic E-state index is 13.8. The number of nitrogens with zero attached hydrogens (tertiary/aromatic N) is 2. The van der Waals surface area contributed by atoms with Gasteiger partial charge in [-0.15, -0.1) is 0 Å². The third-order valence-corrected chi connectivity index (χ3v) is 7.05. The van der Waals surface area contributed by atoms with Gasteiger partial charge in [0.25, 0.3) is 5.56 Å². The van der Waals surface area contributed by atoms with E-state index in [0.29, 0.717) is 45.3 Å². The van der Waals surface area contributed by atoms with Gasteiger partial charge in [0.2, 0.25) is 0 Å². The van der Waals surface area contributed by atoms with Crippen molar-refractivity contribution in [2.45, 2.75) is 46.6 Å². The SMILES string of the molecule is CCCC1=C(C(=O)OCC)[C@@H](c2cccc(OC)c2)n2c(s/c(=C/c3ccc(OCC(C)C)cc3)c2=O)=N1. The number of allylic oxidation sites excluding steroid dienone is 1. The molecule has 2 heterocycles. The van der Waals surface area contributed by atoms with Crippen molar-refractivity contribution in [3.05, 3.63) is 90.6 Å². The van der Waals surface area contributed by atoms with Crippen LogP contribution in [0.25, 0.3) is 6.08 Å². The van der Waals surface area contributed by atoms with Gasteiger partial charge in [-0.05, 0) is 60.7 Å². The summed E-state index contributed by atoms with van der Waals surface area (Å²) in [6.45, 7) is 8.89. The zero-order valence-electron chi connectivity index (χ0n) is 22.5. The number of rotatable bonds is 10. The quantitative estimate of drug-likeness (QED) is 0.355. The Balaban J connectivity index is 1.86. The summed E-state index contributed by atoms with van der Waals surface area (Å²) in [4.78, 5) is 32.5. The fourth-order valence-electron chi connectivity index (χ4n) is 4.32. The number of ether oxygens (including phenoxy) is 3. The van der Waals surface area contributed by atoms with Crippen molar-refractivity contribution in [2.75, 3.05) is 20.3 Å². The van der Waals surface area contributed by atoms with E-state index in [-0.39, 0.29) is 12.2 Å². The van der Waals surface area contributed by atoms with Crippen molar-refractivity contribution in [3.63, 3.8) is 0 Å². The maximum atomic E-state index is 13.8. The highest BCUT2D eigenvalue weighted by Crippen LogP contribution is 2.33. The van der Waals surface area contributed by atoms with E-state index in [1.54, 1.807) is 18.6 Å². The van der Waals surface area contributed by atoms with Crippen molar-refractivity contribution in [1.29, 1.82) is 0 Å². The molecule has 3 aromatic rings. The molecular formula is C30H34N2O5S. The van der Waals surface area contributed by atoms with Gasteiger partial charge in [-0.2, -0.15) is 0 Å². The van der Waals surface area contributed by atoms with Gasteiger partial charge >= 0.3 is 5.97 Å². The van der Waals surface area contributed by atoms with E-state index >= 15 is 0 Å². The summed E-state index contributed by atoms with van der Waals surface area (Å²) in [5.74, 6) is 1.41. The van der Waals surface area contributed by atoms with Gasteiger partial charge < -0.3 is 14.2 Å². The number of benzene rings is 2. The number of thiazole rings is 1. The number of aromatic nitrogens is 1. The molecule has 0 bridgehead atoms. The van der Waals surface area contributed by atoms with E-state index in [9.17, 15) is 9.59 Å². The van der Waals surface area contributed by atoms with Crippen LogP contribution in [0.5, 0.6) is 11.5 Å². The lowest BCUT2D eigenvalue weighted by Gasteiger charge is -2.26. The molecule has 0 saturated carbocycles. The Bertz CT molecular complexity index is 1500. The molecule has 38 heavy (non-hydrogen) atoms. The first-order valence-electron chi connectivity index (χ1n) is 12.9. The highest BCUT2D eigenvalue weighted by molar-refractivity contribution is 7.07. The Labute approximate surface area is 226 Å².